The van der Waals surface area contributed by atoms with Crippen molar-refractivity contribution in [2.24, 2.45) is 17.1 Å². The van der Waals surface area contributed by atoms with Crippen LogP contribution in [0.3, 0.4) is 0 Å². The van der Waals surface area contributed by atoms with Gasteiger partial charge in [0.05, 0.1) is 0 Å². The van der Waals surface area contributed by atoms with Gasteiger partial charge in [-0.2, -0.15) is 0 Å². The largest absolute Gasteiger partial charge is 0.480 e. The molecule has 2 rings (SSSR count). The Balaban J connectivity index is 1.89. The Kier molecular flexibility index (Phi) is 3.01. The first-order valence-corrected chi connectivity index (χ1v) is 6.12. The van der Waals surface area contributed by atoms with Gasteiger partial charge in [-0.05, 0) is 30.6 Å². The number of carboxylic acid groups (broad SMARTS) is 1. The minimum atomic E-state index is -0.816. The molecule has 2 fully saturated rings. The Labute approximate surface area is 91.0 Å². The zero-order chi connectivity index (χ0) is 10.9. The third-order valence-corrected chi connectivity index (χ3v) is 4.24. The lowest BCUT2D eigenvalue weighted by atomic mass is 9.79. The number of carbonyl (C=O) groups is 1. The molecular weight excluding hydrogens is 190 g/mol. The lowest BCUT2D eigenvalue weighted by molar-refractivity contribution is -0.140. The average molecular weight is 211 g/mol. The zero-order valence-corrected chi connectivity index (χ0v) is 9.24. The topological polar surface area (TPSA) is 63.3 Å². The van der Waals surface area contributed by atoms with E-state index >= 15 is 0 Å². The average Bonchev–Trinajstić information content (AvgIpc) is 2.99. The summed E-state index contributed by atoms with van der Waals surface area (Å²) >= 11 is 0. The fourth-order valence-corrected chi connectivity index (χ4v) is 3.03. The summed E-state index contributed by atoms with van der Waals surface area (Å²) in [5, 5.41) is 8.96. The van der Waals surface area contributed by atoms with Gasteiger partial charge >= 0.3 is 5.97 Å². The number of hydrogen-bond donors (Lipinski definition) is 2. The molecule has 0 amide bonds. The van der Waals surface area contributed by atoms with Crippen molar-refractivity contribution in [3.05, 3.63) is 0 Å². The van der Waals surface area contributed by atoms with Crippen molar-refractivity contribution >= 4 is 5.97 Å². The molecule has 0 saturated heterocycles. The summed E-state index contributed by atoms with van der Waals surface area (Å²) in [5.41, 5.74) is 5.74. The molecule has 3 heteroatoms. The predicted octanol–water partition coefficient (Wildman–Crippen LogP) is 2.15. The normalized spacial score (nSPS) is 27.3. The summed E-state index contributed by atoms with van der Waals surface area (Å²) in [6, 6.07) is -0.626. The fourth-order valence-electron chi connectivity index (χ4n) is 3.03. The van der Waals surface area contributed by atoms with E-state index in [1.54, 1.807) is 0 Å². The van der Waals surface area contributed by atoms with E-state index in [1.165, 1.54) is 32.1 Å². The molecule has 0 heterocycles. The first kappa shape index (κ1) is 10.9. The van der Waals surface area contributed by atoms with E-state index in [4.69, 9.17) is 10.8 Å². The highest BCUT2D eigenvalue weighted by atomic mass is 16.4. The van der Waals surface area contributed by atoms with Crippen LogP contribution in [0.1, 0.15) is 51.4 Å². The molecular formula is C12H21NO2. The maximum absolute atomic E-state index is 10.9. The van der Waals surface area contributed by atoms with Crippen LogP contribution < -0.4 is 5.73 Å². The van der Waals surface area contributed by atoms with Gasteiger partial charge in [0.2, 0.25) is 0 Å². The molecule has 2 saturated carbocycles. The van der Waals surface area contributed by atoms with Gasteiger partial charge in [0.1, 0.15) is 6.04 Å². The number of rotatable bonds is 4. The molecule has 0 aromatic heterocycles. The molecule has 2 aliphatic rings. The molecule has 3 nitrogen and oxygen atoms in total. The molecule has 0 aromatic rings. The highest BCUT2D eigenvalue weighted by molar-refractivity contribution is 5.75. The van der Waals surface area contributed by atoms with Crippen LogP contribution in [0.4, 0.5) is 0 Å². The van der Waals surface area contributed by atoms with Crippen LogP contribution in [0.25, 0.3) is 0 Å². The lowest BCUT2D eigenvalue weighted by Gasteiger charge is -2.28. The zero-order valence-electron chi connectivity index (χ0n) is 9.24. The van der Waals surface area contributed by atoms with Gasteiger partial charge in [-0.1, -0.05) is 32.1 Å². The van der Waals surface area contributed by atoms with Crippen LogP contribution in [0, 0.1) is 11.3 Å². The van der Waals surface area contributed by atoms with Crippen LogP contribution >= 0.6 is 0 Å². The molecule has 0 radical (unpaired) electrons. The number of aliphatic carboxylic acids is 1. The van der Waals surface area contributed by atoms with Gasteiger partial charge in [-0.25, -0.2) is 0 Å². The number of hydrogen-bond acceptors (Lipinski definition) is 2. The van der Waals surface area contributed by atoms with E-state index in [1.807, 2.05) is 0 Å². The maximum atomic E-state index is 10.9. The maximum Gasteiger partial charge on any atom is 0.321 e. The van der Waals surface area contributed by atoms with E-state index < -0.39 is 12.0 Å². The number of nitrogens with two attached hydrogens (primary N) is 1. The minimum Gasteiger partial charge on any atom is -0.480 e. The Morgan fingerprint density at radius 1 is 1.33 bits per heavy atom. The lowest BCUT2D eigenvalue weighted by Crippen LogP contribution is -2.40. The second kappa shape index (κ2) is 4.12. The van der Waals surface area contributed by atoms with Crippen molar-refractivity contribution in [1.29, 1.82) is 0 Å². The van der Waals surface area contributed by atoms with E-state index in [-0.39, 0.29) is 5.41 Å². The highest BCUT2D eigenvalue weighted by Gasteiger charge is 2.51. The molecule has 1 atom stereocenters. The molecule has 1 unspecified atom stereocenters. The van der Waals surface area contributed by atoms with E-state index in [0.717, 1.165) is 25.2 Å². The quantitative estimate of drug-likeness (QED) is 0.749. The van der Waals surface area contributed by atoms with Crippen LogP contribution in [-0.4, -0.2) is 17.1 Å². The fraction of sp³-hybridized carbons (Fsp3) is 0.917. The summed E-state index contributed by atoms with van der Waals surface area (Å²) in [7, 11) is 0. The molecule has 15 heavy (non-hydrogen) atoms. The second-order valence-electron chi connectivity index (χ2n) is 5.39. The third kappa shape index (κ3) is 2.33. The molecule has 0 aromatic carbocycles. The van der Waals surface area contributed by atoms with Gasteiger partial charge < -0.3 is 10.8 Å². The molecule has 0 bridgehead atoms. The number of carboxylic acids is 1. The van der Waals surface area contributed by atoms with Gasteiger partial charge in [0.25, 0.3) is 0 Å². The second-order valence-corrected chi connectivity index (χ2v) is 5.39. The minimum absolute atomic E-state index is 0.0339. The highest BCUT2D eigenvalue weighted by Crippen LogP contribution is 2.54. The van der Waals surface area contributed by atoms with Crippen molar-refractivity contribution in [1.82, 2.24) is 0 Å². The Bertz CT molecular complexity index is 242. The first-order valence-electron chi connectivity index (χ1n) is 6.12. The SMILES string of the molecule is NC(C(=O)O)C1(CC2CCCCC2)CC1. The molecule has 0 spiro atoms. The van der Waals surface area contributed by atoms with E-state index in [9.17, 15) is 4.79 Å². The summed E-state index contributed by atoms with van der Waals surface area (Å²) in [4.78, 5) is 10.9. The van der Waals surface area contributed by atoms with Gasteiger partial charge in [-0.3, -0.25) is 4.79 Å². The molecule has 86 valence electrons. The van der Waals surface area contributed by atoms with Crippen molar-refractivity contribution in [2.45, 2.75) is 57.4 Å². The Morgan fingerprint density at radius 2 is 1.93 bits per heavy atom. The summed E-state index contributed by atoms with van der Waals surface area (Å²) < 4.78 is 0. The van der Waals surface area contributed by atoms with E-state index in [2.05, 4.69) is 0 Å². The molecule has 2 aliphatic carbocycles. The first-order chi connectivity index (χ1) is 7.14. The van der Waals surface area contributed by atoms with Gasteiger partial charge in [-0.15, -0.1) is 0 Å². The van der Waals surface area contributed by atoms with Crippen molar-refractivity contribution in [2.75, 3.05) is 0 Å². The molecule has 0 aliphatic heterocycles. The van der Waals surface area contributed by atoms with Crippen LogP contribution in [0.15, 0.2) is 0 Å². The van der Waals surface area contributed by atoms with Crippen molar-refractivity contribution < 1.29 is 9.90 Å². The van der Waals surface area contributed by atoms with E-state index in [0.29, 0.717) is 0 Å². The van der Waals surface area contributed by atoms with Gasteiger partial charge in [0.15, 0.2) is 0 Å². The van der Waals surface area contributed by atoms with Gasteiger partial charge in [0, 0.05) is 0 Å². The monoisotopic (exact) mass is 211 g/mol. The van der Waals surface area contributed by atoms with Crippen LogP contribution in [0.2, 0.25) is 0 Å². The molecule has 3 N–H and O–H groups in total. The van der Waals surface area contributed by atoms with Crippen LogP contribution in [-0.2, 0) is 4.79 Å². The summed E-state index contributed by atoms with van der Waals surface area (Å²) in [6.45, 7) is 0. The van der Waals surface area contributed by atoms with Crippen molar-refractivity contribution in [3.63, 3.8) is 0 Å². The summed E-state index contributed by atoms with van der Waals surface area (Å²) in [5.74, 6) is -0.0741. The van der Waals surface area contributed by atoms with Crippen LogP contribution in [0.5, 0.6) is 0 Å². The third-order valence-electron chi connectivity index (χ3n) is 4.24. The summed E-state index contributed by atoms with van der Waals surface area (Å²) in [6.07, 6.45) is 9.68. The Morgan fingerprint density at radius 3 is 2.40 bits per heavy atom. The van der Waals surface area contributed by atoms with Crippen molar-refractivity contribution in [3.8, 4) is 0 Å². The predicted molar refractivity (Wildman–Crippen MR) is 58.5 cm³/mol. The standard InChI is InChI=1S/C12H21NO2/c13-10(11(14)15)12(6-7-12)8-9-4-2-1-3-5-9/h9-10H,1-8,13H2,(H,14,15). The smallest absolute Gasteiger partial charge is 0.321 e. The Hall–Kier alpha value is -0.570.